The minimum absolute atomic E-state index is 0.0715. The van der Waals surface area contributed by atoms with Gasteiger partial charge in [-0.3, -0.25) is 9.59 Å². The van der Waals surface area contributed by atoms with E-state index in [1.165, 1.54) is 0 Å². The van der Waals surface area contributed by atoms with E-state index in [0.29, 0.717) is 52.2 Å². The van der Waals surface area contributed by atoms with Crippen LogP contribution in [0.15, 0.2) is 24.3 Å². The first-order valence-electron chi connectivity index (χ1n) is 11.0. The number of ether oxygens (including phenoxy) is 1. The summed E-state index contributed by atoms with van der Waals surface area (Å²) in [4.78, 5) is 43.8. The number of likely N-dealkylation sites (tertiary alicyclic amines) is 1. The molecule has 0 aromatic heterocycles. The molecule has 3 rings (SSSR count). The molecular weight excluding hydrogens is 396 g/mol. The number of nitrogens with one attached hydrogen (secondary N) is 1. The number of hydrogen-bond donors (Lipinski definition) is 1. The van der Waals surface area contributed by atoms with Gasteiger partial charge in [0, 0.05) is 63.6 Å². The zero-order valence-electron chi connectivity index (χ0n) is 19.0. The van der Waals surface area contributed by atoms with E-state index in [2.05, 4.69) is 5.32 Å². The van der Waals surface area contributed by atoms with Gasteiger partial charge in [0.2, 0.25) is 11.8 Å². The molecule has 2 heterocycles. The lowest BCUT2D eigenvalue weighted by Crippen LogP contribution is -2.47. The lowest BCUT2D eigenvalue weighted by Gasteiger charge is -2.34. The van der Waals surface area contributed by atoms with E-state index in [4.69, 9.17) is 4.74 Å². The fourth-order valence-electron chi connectivity index (χ4n) is 4.50. The Hall–Kier alpha value is -2.77. The molecule has 31 heavy (non-hydrogen) atoms. The minimum atomic E-state index is -0.425. The molecule has 1 aromatic carbocycles. The van der Waals surface area contributed by atoms with Crippen LogP contribution in [-0.2, 0) is 16.1 Å². The van der Waals surface area contributed by atoms with Crippen LogP contribution >= 0.6 is 0 Å². The molecule has 2 saturated heterocycles. The second-order valence-corrected chi connectivity index (χ2v) is 8.93. The Bertz CT molecular complexity index is 810. The van der Waals surface area contributed by atoms with Crippen molar-refractivity contribution in [1.82, 2.24) is 20.0 Å². The lowest BCUT2D eigenvalue weighted by molar-refractivity contribution is -0.135. The van der Waals surface area contributed by atoms with Crippen molar-refractivity contribution in [3.05, 3.63) is 29.8 Å². The normalized spacial score (nSPS) is 21.6. The number of hydrogen-bond acceptors (Lipinski definition) is 4. The molecule has 1 N–H and O–H groups in total. The quantitative estimate of drug-likeness (QED) is 0.774. The molecule has 0 bridgehead atoms. The number of amides is 4. The van der Waals surface area contributed by atoms with E-state index in [9.17, 15) is 14.4 Å². The van der Waals surface area contributed by atoms with Crippen molar-refractivity contribution < 1.29 is 19.1 Å². The number of carbonyl (C=O) groups excluding carboxylic acids is 3. The zero-order valence-corrected chi connectivity index (χ0v) is 19.0. The van der Waals surface area contributed by atoms with E-state index in [1.54, 1.807) is 12.0 Å². The highest BCUT2D eigenvalue weighted by atomic mass is 16.5. The van der Waals surface area contributed by atoms with Crippen LogP contribution in [0.4, 0.5) is 4.79 Å². The second-order valence-electron chi connectivity index (χ2n) is 8.93. The molecule has 2 fully saturated rings. The van der Waals surface area contributed by atoms with E-state index < -0.39 is 5.41 Å². The van der Waals surface area contributed by atoms with Gasteiger partial charge < -0.3 is 24.8 Å². The molecule has 0 aliphatic carbocycles. The summed E-state index contributed by atoms with van der Waals surface area (Å²) in [6, 6.07) is 7.39. The van der Waals surface area contributed by atoms with Gasteiger partial charge in [-0.1, -0.05) is 26.0 Å². The number of methoxy groups -OCH3 is 1. The Kier molecular flexibility index (Phi) is 7.08. The third-order valence-electron chi connectivity index (χ3n) is 6.17. The molecule has 2 aliphatic rings. The highest BCUT2D eigenvalue weighted by Crippen LogP contribution is 2.35. The molecule has 8 nitrogen and oxygen atoms in total. The summed E-state index contributed by atoms with van der Waals surface area (Å²) < 4.78 is 5.17. The summed E-state index contributed by atoms with van der Waals surface area (Å²) in [6.07, 6.45) is 0.366. The van der Waals surface area contributed by atoms with Crippen LogP contribution in [0, 0.1) is 11.3 Å². The Labute approximate surface area is 184 Å². The van der Waals surface area contributed by atoms with E-state index in [0.717, 1.165) is 11.3 Å². The molecule has 0 saturated carbocycles. The summed E-state index contributed by atoms with van der Waals surface area (Å²) in [7, 11) is 1.62. The van der Waals surface area contributed by atoms with Crippen molar-refractivity contribution in [2.24, 2.45) is 11.3 Å². The van der Waals surface area contributed by atoms with Gasteiger partial charge in [-0.2, -0.15) is 0 Å². The van der Waals surface area contributed by atoms with Gasteiger partial charge in [-0.15, -0.1) is 0 Å². The summed E-state index contributed by atoms with van der Waals surface area (Å²) in [6.45, 7) is 9.26. The summed E-state index contributed by atoms with van der Waals surface area (Å²) >= 11 is 0. The molecule has 1 atom stereocenters. The molecule has 4 amide bonds. The molecule has 0 radical (unpaired) electrons. The van der Waals surface area contributed by atoms with Gasteiger partial charge >= 0.3 is 6.03 Å². The first kappa shape index (κ1) is 22.9. The highest BCUT2D eigenvalue weighted by molar-refractivity contribution is 5.81. The van der Waals surface area contributed by atoms with Crippen molar-refractivity contribution in [2.45, 2.75) is 33.7 Å². The van der Waals surface area contributed by atoms with Crippen LogP contribution in [-0.4, -0.2) is 78.9 Å². The Morgan fingerprint density at radius 2 is 1.74 bits per heavy atom. The molecule has 2 aliphatic heterocycles. The monoisotopic (exact) mass is 430 g/mol. The number of urea groups is 1. The van der Waals surface area contributed by atoms with Gasteiger partial charge in [0.05, 0.1) is 7.11 Å². The smallest absolute Gasteiger partial charge is 0.317 e. The second kappa shape index (κ2) is 9.58. The van der Waals surface area contributed by atoms with Gasteiger partial charge in [-0.05, 0) is 24.6 Å². The number of rotatable bonds is 5. The average Bonchev–Trinajstić information content (AvgIpc) is 2.95. The fourth-order valence-corrected chi connectivity index (χ4v) is 4.50. The van der Waals surface area contributed by atoms with Crippen LogP contribution in [0.25, 0.3) is 0 Å². The maximum Gasteiger partial charge on any atom is 0.317 e. The average molecular weight is 431 g/mol. The highest BCUT2D eigenvalue weighted by Gasteiger charge is 2.47. The van der Waals surface area contributed by atoms with Crippen LogP contribution in [0.2, 0.25) is 0 Å². The largest absolute Gasteiger partial charge is 0.497 e. The molecule has 1 spiro atoms. The molecule has 170 valence electrons. The number of benzene rings is 1. The zero-order chi connectivity index (χ0) is 22.6. The fraction of sp³-hybridized carbons (Fsp3) is 0.609. The van der Waals surface area contributed by atoms with Crippen LogP contribution in [0.3, 0.4) is 0 Å². The van der Waals surface area contributed by atoms with Crippen molar-refractivity contribution in [3.8, 4) is 5.75 Å². The van der Waals surface area contributed by atoms with E-state index >= 15 is 0 Å². The maximum atomic E-state index is 13.0. The topological polar surface area (TPSA) is 82.2 Å². The first-order chi connectivity index (χ1) is 14.8. The van der Waals surface area contributed by atoms with Gasteiger partial charge in [0.15, 0.2) is 0 Å². The Balaban J connectivity index is 1.72. The van der Waals surface area contributed by atoms with Gasteiger partial charge in [0.25, 0.3) is 0 Å². The molecular formula is C23H34N4O4. The van der Waals surface area contributed by atoms with Gasteiger partial charge in [-0.25, -0.2) is 4.79 Å². The van der Waals surface area contributed by atoms with Crippen molar-refractivity contribution >= 4 is 17.8 Å². The summed E-state index contributed by atoms with van der Waals surface area (Å²) in [5.41, 5.74) is 0.550. The summed E-state index contributed by atoms with van der Waals surface area (Å²) in [5.74, 6) is 0.819. The molecule has 1 aromatic rings. The standard InChI is InChI=1S/C23H34N4O4/c1-5-25-14-23(12-20(25)28)15-26(21(29)17(2)3)10-11-27(16-23)22(30)24-13-18-6-8-19(31-4)9-7-18/h6-9,17H,5,10-16H2,1-4H3,(H,24,30). The first-order valence-corrected chi connectivity index (χ1v) is 11.0. The van der Waals surface area contributed by atoms with E-state index in [1.807, 2.05) is 54.8 Å². The summed E-state index contributed by atoms with van der Waals surface area (Å²) in [5, 5.41) is 2.99. The van der Waals surface area contributed by atoms with Gasteiger partial charge in [0.1, 0.15) is 5.75 Å². The van der Waals surface area contributed by atoms with E-state index in [-0.39, 0.29) is 23.8 Å². The Morgan fingerprint density at radius 3 is 2.32 bits per heavy atom. The SMILES string of the molecule is CCN1CC2(CC1=O)CN(C(=O)NCc1ccc(OC)cc1)CCN(C(=O)C(C)C)C2. The number of nitrogens with zero attached hydrogens (tertiary/aromatic N) is 3. The number of carbonyl (C=O) groups is 3. The lowest BCUT2D eigenvalue weighted by atomic mass is 9.85. The third kappa shape index (κ3) is 5.29. The third-order valence-corrected chi connectivity index (χ3v) is 6.17. The van der Waals surface area contributed by atoms with Crippen molar-refractivity contribution in [2.75, 3.05) is 46.4 Å². The predicted octanol–water partition coefficient (Wildman–Crippen LogP) is 1.94. The molecule has 8 heteroatoms. The molecule has 1 unspecified atom stereocenters. The maximum absolute atomic E-state index is 13.0. The Morgan fingerprint density at radius 1 is 1.10 bits per heavy atom. The van der Waals surface area contributed by atoms with Crippen LogP contribution in [0.5, 0.6) is 5.75 Å². The van der Waals surface area contributed by atoms with Crippen molar-refractivity contribution in [1.29, 1.82) is 0 Å². The minimum Gasteiger partial charge on any atom is -0.497 e. The predicted molar refractivity (Wildman–Crippen MR) is 118 cm³/mol. The van der Waals surface area contributed by atoms with Crippen LogP contribution < -0.4 is 10.1 Å². The van der Waals surface area contributed by atoms with Crippen molar-refractivity contribution in [3.63, 3.8) is 0 Å². The van der Waals surface area contributed by atoms with Crippen LogP contribution in [0.1, 0.15) is 32.8 Å².